The van der Waals surface area contributed by atoms with E-state index in [1.165, 1.54) is 51.4 Å². The number of hydrogen-bond donors (Lipinski definition) is 6. The average Bonchev–Trinajstić information content (AvgIpc) is 3.29. The van der Waals surface area contributed by atoms with E-state index in [1.54, 1.807) is 12.2 Å². The molecule has 7 heteroatoms. The van der Waals surface area contributed by atoms with Crippen LogP contribution in [0.5, 0.6) is 0 Å². The van der Waals surface area contributed by atoms with Crippen LogP contribution < -0.4 is 5.32 Å². The van der Waals surface area contributed by atoms with Crippen molar-refractivity contribution in [3.63, 3.8) is 0 Å². The lowest BCUT2D eigenvalue weighted by atomic mass is 9.88. The molecule has 1 fully saturated rings. The van der Waals surface area contributed by atoms with Crippen molar-refractivity contribution < 1.29 is 30.3 Å². The van der Waals surface area contributed by atoms with Gasteiger partial charge in [-0.2, -0.15) is 0 Å². The number of amides is 1. The van der Waals surface area contributed by atoms with Crippen molar-refractivity contribution in [1.29, 1.82) is 0 Å². The normalized spacial score (nSPS) is 22.6. The topological polar surface area (TPSA) is 130 Å². The van der Waals surface area contributed by atoms with Crippen LogP contribution in [0.1, 0.15) is 149 Å². The van der Waals surface area contributed by atoms with Gasteiger partial charge in [-0.05, 0) is 57.3 Å². The molecular weight excluding hydrogens is 566 g/mol. The summed E-state index contributed by atoms with van der Waals surface area (Å²) < 4.78 is 0. The maximum atomic E-state index is 12.4. The van der Waals surface area contributed by atoms with Crippen molar-refractivity contribution >= 4 is 5.91 Å². The molecule has 0 spiro atoms. The van der Waals surface area contributed by atoms with E-state index >= 15 is 0 Å². The Labute approximate surface area is 275 Å². The van der Waals surface area contributed by atoms with E-state index in [0.29, 0.717) is 19.3 Å². The first-order chi connectivity index (χ1) is 21.8. The maximum Gasteiger partial charge on any atom is 0.220 e. The fraction of sp³-hybridized carbons (Fsp3) is 0.816. The highest BCUT2D eigenvalue weighted by Crippen LogP contribution is 2.37. The highest BCUT2D eigenvalue weighted by molar-refractivity contribution is 5.76. The van der Waals surface area contributed by atoms with Crippen LogP contribution in [-0.2, 0) is 4.79 Å². The second kappa shape index (κ2) is 27.6. The minimum absolute atomic E-state index is 0.0185. The molecule has 6 N–H and O–H groups in total. The van der Waals surface area contributed by atoms with Crippen LogP contribution in [0.4, 0.5) is 0 Å². The quantitative estimate of drug-likeness (QED) is 0.0404. The number of nitrogens with one attached hydrogen (secondary N) is 1. The smallest absolute Gasteiger partial charge is 0.220 e. The van der Waals surface area contributed by atoms with Crippen LogP contribution in [-0.4, -0.2) is 68.5 Å². The second-order valence-electron chi connectivity index (χ2n) is 13.2. The number of carbonyl (C=O) groups is 1. The van der Waals surface area contributed by atoms with Crippen LogP contribution in [0.3, 0.4) is 0 Å². The Morgan fingerprint density at radius 3 is 2.09 bits per heavy atom. The molecule has 1 aliphatic rings. The third kappa shape index (κ3) is 20.4. The summed E-state index contributed by atoms with van der Waals surface area (Å²) >= 11 is 0. The number of carbonyl (C=O) groups excluding carboxylic acids is 1. The molecule has 7 atom stereocenters. The highest BCUT2D eigenvalue weighted by atomic mass is 16.3. The van der Waals surface area contributed by atoms with Gasteiger partial charge in [0.2, 0.25) is 5.91 Å². The molecule has 45 heavy (non-hydrogen) atoms. The Morgan fingerprint density at radius 2 is 1.40 bits per heavy atom. The highest BCUT2D eigenvalue weighted by Gasteiger charge is 2.39. The summed E-state index contributed by atoms with van der Waals surface area (Å²) in [5, 5.41) is 54.1. The zero-order chi connectivity index (χ0) is 33.1. The Kier molecular flexibility index (Phi) is 25.5. The number of hydrogen-bond acceptors (Lipinski definition) is 6. The SMILES string of the molecule is CCC/C=C\CCCCCCCC/C=C/[C@@H](O)[C@H](CO)NC(=O)CCCCCC[C@@H]1[C@@H](/C=C/[C@@H](O)CCCCC)[C@H](O)C[C@@H]1O. The zero-order valence-corrected chi connectivity index (χ0v) is 28.7. The van der Waals surface area contributed by atoms with Gasteiger partial charge in [0.1, 0.15) is 0 Å². The molecule has 7 nitrogen and oxygen atoms in total. The molecule has 0 aromatic carbocycles. The van der Waals surface area contributed by atoms with E-state index in [4.69, 9.17) is 0 Å². The summed E-state index contributed by atoms with van der Waals surface area (Å²) in [4.78, 5) is 12.4. The van der Waals surface area contributed by atoms with Crippen LogP contribution in [0.25, 0.3) is 0 Å². The summed E-state index contributed by atoms with van der Waals surface area (Å²) in [5.74, 6) is -0.324. The van der Waals surface area contributed by atoms with Gasteiger partial charge in [0.15, 0.2) is 0 Å². The van der Waals surface area contributed by atoms with E-state index in [-0.39, 0.29) is 24.3 Å². The van der Waals surface area contributed by atoms with Gasteiger partial charge < -0.3 is 30.8 Å². The number of unbranched alkanes of at least 4 members (excludes halogenated alkanes) is 13. The molecule has 0 bridgehead atoms. The molecule has 1 amide bonds. The van der Waals surface area contributed by atoms with Crippen molar-refractivity contribution in [1.82, 2.24) is 5.32 Å². The van der Waals surface area contributed by atoms with Gasteiger partial charge in [-0.25, -0.2) is 0 Å². The van der Waals surface area contributed by atoms with Crippen LogP contribution in [0, 0.1) is 11.8 Å². The molecule has 0 aromatic heterocycles. The third-order valence-electron chi connectivity index (χ3n) is 9.17. The van der Waals surface area contributed by atoms with Crippen molar-refractivity contribution in [3.05, 3.63) is 36.5 Å². The number of allylic oxidation sites excluding steroid dienone is 3. The lowest BCUT2D eigenvalue weighted by Crippen LogP contribution is -2.45. The molecule has 262 valence electrons. The molecule has 1 rings (SSSR count). The van der Waals surface area contributed by atoms with Crippen molar-refractivity contribution in [2.24, 2.45) is 11.8 Å². The molecule has 0 aliphatic heterocycles. The summed E-state index contributed by atoms with van der Waals surface area (Å²) in [6, 6.07) is -0.703. The summed E-state index contributed by atoms with van der Waals surface area (Å²) in [5.41, 5.74) is 0. The van der Waals surface area contributed by atoms with Gasteiger partial charge in [0, 0.05) is 18.8 Å². The molecule has 1 saturated carbocycles. The van der Waals surface area contributed by atoms with Crippen LogP contribution >= 0.6 is 0 Å². The standard InChI is InChI=1S/C38H69NO6/c1-3-5-7-8-9-10-11-12-13-14-15-16-21-25-35(42)34(30-40)39-38(45)26-22-18-17-20-24-32-33(37(44)29-36(32)43)28-27-31(41)23-19-6-4-2/h7-8,21,25,27-28,31-37,40-44H,3-6,9-20,22-24,26,29-30H2,1-2H3,(H,39,45)/b8-7-,25-21+,28-27+/t31-,32+,33+,34-,35+,36-,37+/m0/s1. The van der Waals surface area contributed by atoms with Gasteiger partial charge >= 0.3 is 0 Å². The summed E-state index contributed by atoms with van der Waals surface area (Å²) in [6.07, 6.45) is 30.0. The number of aliphatic hydroxyl groups excluding tert-OH is 5. The molecule has 0 aromatic rings. The molecule has 1 aliphatic carbocycles. The number of rotatable bonds is 28. The van der Waals surface area contributed by atoms with E-state index in [2.05, 4.69) is 31.3 Å². The minimum Gasteiger partial charge on any atom is -0.394 e. The van der Waals surface area contributed by atoms with E-state index in [0.717, 1.165) is 64.2 Å². The molecule has 0 saturated heterocycles. The first-order valence-electron chi connectivity index (χ1n) is 18.5. The second-order valence-corrected chi connectivity index (χ2v) is 13.2. The van der Waals surface area contributed by atoms with Gasteiger partial charge in [-0.15, -0.1) is 0 Å². The molecule has 0 heterocycles. The average molecular weight is 636 g/mol. The predicted molar refractivity (Wildman–Crippen MR) is 186 cm³/mol. The van der Waals surface area contributed by atoms with Crippen LogP contribution in [0.2, 0.25) is 0 Å². The van der Waals surface area contributed by atoms with Gasteiger partial charge in [0.25, 0.3) is 0 Å². The maximum absolute atomic E-state index is 12.4. The van der Waals surface area contributed by atoms with Gasteiger partial charge in [-0.3, -0.25) is 4.79 Å². The summed E-state index contributed by atoms with van der Waals surface area (Å²) in [6.45, 7) is 4.02. The minimum atomic E-state index is -0.910. The third-order valence-corrected chi connectivity index (χ3v) is 9.17. The fourth-order valence-electron chi connectivity index (χ4n) is 6.27. The van der Waals surface area contributed by atoms with E-state index < -0.39 is 30.5 Å². The zero-order valence-electron chi connectivity index (χ0n) is 28.7. The van der Waals surface area contributed by atoms with Gasteiger partial charge in [-0.1, -0.05) is 121 Å². The molecule has 0 unspecified atom stereocenters. The largest absolute Gasteiger partial charge is 0.394 e. The van der Waals surface area contributed by atoms with Crippen molar-refractivity contribution in [2.45, 2.75) is 179 Å². The Hall–Kier alpha value is -1.51. The van der Waals surface area contributed by atoms with Crippen molar-refractivity contribution in [2.75, 3.05) is 6.61 Å². The number of aliphatic hydroxyl groups is 5. The molecule has 0 radical (unpaired) electrons. The lowest BCUT2D eigenvalue weighted by Gasteiger charge is -2.21. The lowest BCUT2D eigenvalue weighted by molar-refractivity contribution is -0.123. The molecular formula is C38H69NO6. The Morgan fingerprint density at radius 1 is 0.756 bits per heavy atom. The fourth-order valence-corrected chi connectivity index (χ4v) is 6.27. The first-order valence-corrected chi connectivity index (χ1v) is 18.5. The summed E-state index contributed by atoms with van der Waals surface area (Å²) in [7, 11) is 0. The first kappa shape index (κ1) is 41.5. The Bertz CT molecular complexity index is 799. The Balaban J connectivity index is 2.19. The monoisotopic (exact) mass is 636 g/mol. The van der Waals surface area contributed by atoms with Crippen molar-refractivity contribution in [3.8, 4) is 0 Å². The van der Waals surface area contributed by atoms with Crippen LogP contribution in [0.15, 0.2) is 36.5 Å². The van der Waals surface area contributed by atoms with E-state index in [9.17, 15) is 30.3 Å². The predicted octanol–water partition coefficient (Wildman–Crippen LogP) is 7.05. The van der Waals surface area contributed by atoms with E-state index in [1.807, 2.05) is 12.2 Å². The van der Waals surface area contributed by atoms with Gasteiger partial charge in [0.05, 0.1) is 37.1 Å².